The molecule has 3 aromatic rings. The molecule has 2 N–H and O–H groups in total. The molecule has 28 heavy (non-hydrogen) atoms. The Morgan fingerprint density at radius 1 is 1.25 bits per heavy atom. The van der Waals surface area contributed by atoms with Crippen LogP contribution in [0.25, 0.3) is 11.3 Å². The Bertz CT molecular complexity index is 1050. The lowest BCUT2D eigenvalue weighted by Gasteiger charge is -2.17. The second kappa shape index (κ2) is 7.64. The highest BCUT2D eigenvalue weighted by atomic mass is 16.2. The number of hydrogen-bond acceptors (Lipinski definition) is 5. The third-order valence-corrected chi connectivity index (χ3v) is 4.82. The monoisotopic (exact) mass is 375 g/mol. The second-order valence-corrected chi connectivity index (χ2v) is 6.91. The van der Waals surface area contributed by atoms with Crippen LogP contribution in [0.4, 0.5) is 5.95 Å². The molecule has 0 radical (unpaired) electrons. The van der Waals surface area contributed by atoms with E-state index >= 15 is 0 Å². The van der Waals surface area contributed by atoms with Crippen molar-refractivity contribution in [2.45, 2.75) is 19.4 Å². The van der Waals surface area contributed by atoms with Crippen molar-refractivity contribution < 1.29 is 4.79 Å². The van der Waals surface area contributed by atoms with Crippen LogP contribution in [-0.4, -0.2) is 40.0 Å². The fourth-order valence-corrected chi connectivity index (χ4v) is 3.34. The van der Waals surface area contributed by atoms with Crippen molar-refractivity contribution in [3.8, 4) is 11.3 Å². The number of nitrogens with one attached hydrogen (secondary N) is 2. The Morgan fingerprint density at radius 2 is 2.07 bits per heavy atom. The molecule has 0 bridgehead atoms. The van der Waals surface area contributed by atoms with Gasteiger partial charge in [-0.1, -0.05) is 30.3 Å². The number of hydrogen-bond donors (Lipinski definition) is 2. The summed E-state index contributed by atoms with van der Waals surface area (Å²) in [7, 11) is 0. The number of carbonyl (C=O) groups is 1. The van der Waals surface area contributed by atoms with Crippen LogP contribution >= 0.6 is 0 Å². The van der Waals surface area contributed by atoms with Crippen molar-refractivity contribution in [3.05, 3.63) is 76.3 Å². The minimum atomic E-state index is -0.355. The molecule has 1 unspecified atom stereocenters. The van der Waals surface area contributed by atoms with Gasteiger partial charge in [0.15, 0.2) is 5.43 Å². The van der Waals surface area contributed by atoms with Crippen molar-refractivity contribution in [1.82, 2.24) is 20.3 Å². The molecule has 1 aliphatic heterocycles. The van der Waals surface area contributed by atoms with Gasteiger partial charge in [-0.05, 0) is 19.4 Å². The number of rotatable bonds is 4. The Hall–Kier alpha value is -3.48. The van der Waals surface area contributed by atoms with Crippen LogP contribution < -0.4 is 15.6 Å². The van der Waals surface area contributed by atoms with Crippen LogP contribution in [0.5, 0.6) is 0 Å². The molecule has 1 amide bonds. The van der Waals surface area contributed by atoms with E-state index in [2.05, 4.69) is 25.2 Å². The quantitative estimate of drug-likeness (QED) is 0.729. The molecule has 3 heterocycles. The molecule has 0 spiro atoms. The van der Waals surface area contributed by atoms with E-state index in [1.165, 1.54) is 12.3 Å². The number of aromatic amines is 1. The number of amides is 1. The summed E-state index contributed by atoms with van der Waals surface area (Å²) < 4.78 is 0. The van der Waals surface area contributed by atoms with Gasteiger partial charge in [0.1, 0.15) is 5.56 Å². The average molecular weight is 375 g/mol. The van der Waals surface area contributed by atoms with E-state index in [0.717, 1.165) is 29.9 Å². The van der Waals surface area contributed by atoms with Crippen molar-refractivity contribution in [2.75, 3.05) is 18.0 Å². The normalized spacial score (nSPS) is 16.2. The maximum Gasteiger partial charge on any atom is 0.257 e. The molecule has 0 saturated carbocycles. The summed E-state index contributed by atoms with van der Waals surface area (Å²) in [5.41, 5.74) is 2.48. The lowest BCUT2D eigenvalue weighted by Crippen LogP contribution is -2.39. The van der Waals surface area contributed by atoms with Gasteiger partial charge in [-0.15, -0.1) is 0 Å². The molecular formula is C21H21N5O2. The van der Waals surface area contributed by atoms with Gasteiger partial charge in [0.05, 0.1) is 5.69 Å². The summed E-state index contributed by atoms with van der Waals surface area (Å²) in [6.07, 6.45) is 3.99. The molecule has 142 valence electrons. The maximum atomic E-state index is 12.4. The third kappa shape index (κ3) is 3.78. The molecule has 7 heteroatoms. The first kappa shape index (κ1) is 17.9. The number of aromatic nitrogens is 3. The highest BCUT2D eigenvalue weighted by Crippen LogP contribution is 2.21. The zero-order valence-electron chi connectivity index (χ0n) is 15.6. The Kier molecular flexibility index (Phi) is 4.89. The van der Waals surface area contributed by atoms with E-state index in [4.69, 9.17) is 0 Å². The van der Waals surface area contributed by atoms with E-state index < -0.39 is 0 Å². The fraction of sp³-hybridized carbons (Fsp3) is 0.238. The first-order chi connectivity index (χ1) is 13.6. The van der Waals surface area contributed by atoms with Gasteiger partial charge in [0, 0.05) is 48.8 Å². The molecule has 1 aromatic carbocycles. The summed E-state index contributed by atoms with van der Waals surface area (Å²) >= 11 is 0. The number of pyridine rings is 1. The molecule has 0 aliphatic carbocycles. The number of carbonyl (C=O) groups excluding carboxylic acids is 1. The molecular weight excluding hydrogens is 354 g/mol. The molecule has 2 aromatic heterocycles. The van der Waals surface area contributed by atoms with Gasteiger partial charge in [0.2, 0.25) is 5.95 Å². The number of nitrogens with zero attached hydrogens (tertiary/aromatic N) is 3. The second-order valence-electron chi connectivity index (χ2n) is 6.91. The standard InChI is InChI=1S/C21H21N5O2/c1-14-11-19(27)17(12-23-14)20(28)24-16-8-10-26(13-16)21-22-9-7-18(25-21)15-5-3-2-4-6-15/h2-7,9,11-12,16H,8,10,13H2,1H3,(H,23,27)(H,24,28). The highest BCUT2D eigenvalue weighted by Gasteiger charge is 2.26. The molecule has 1 atom stereocenters. The summed E-state index contributed by atoms with van der Waals surface area (Å²) in [6, 6.07) is 13.2. The van der Waals surface area contributed by atoms with Crippen LogP contribution in [0.2, 0.25) is 0 Å². The maximum absolute atomic E-state index is 12.4. The van der Waals surface area contributed by atoms with E-state index in [-0.39, 0.29) is 22.9 Å². The van der Waals surface area contributed by atoms with Crippen molar-refractivity contribution in [2.24, 2.45) is 0 Å². The highest BCUT2D eigenvalue weighted by molar-refractivity contribution is 5.94. The predicted molar refractivity (Wildman–Crippen MR) is 107 cm³/mol. The van der Waals surface area contributed by atoms with Crippen LogP contribution in [-0.2, 0) is 0 Å². The van der Waals surface area contributed by atoms with Crippen LogP contribution in [0.15, 0.2) is 59.7 Å². The summed E-state index contributed by atoms with van der Waals surface area (Å²) in [6.45, 7) is 3.13. The average Bonchev–Trinajstić information content (AvgIpc) is 3.17. The van der Waals surface area contributed by atoms with Gasteiger partial charge in [-0.25, -0.2) is 9.97 Å². The van der Waals surface area contributed by atoms with Crippen LogP contribution in [0.1, 0.15) is 22.5 Å². The largest absolute Gasteiger partial charge is 0.364 e. The van der Waals surface area contributed by atoms with E-state index in [1.807, 2.05) is 36.4 Å². The van der Waals surface area contributed by atoms with Gasteiger partial charge in [-0.2, -0.15) is 0 Å². The van der Waals surface area contributed by atoms with Crippen molar-refractivity contribution in [1.29, 1.82) is 0 Å². The summed E-state index contributed by atoms with van der Waals surface area (Å²) in [5.74, 6) is 0.290. The first-order valence-corrected chi connectivity index (χ1v) is 9.24. The smallest absolute Gasteiger partial charge is 0.257 e. The SMILES string of the molecule is Cc1cc(=O)c(C(=O)NC2CCN(c3nccc(-c4ccccc4)n3)C2)c[nH]1. The Balaban J connectivity index is 1.44. The zero-order valence-corrected chi connectivity index (χ0v) is 15.6. The predicted octanol–water partition coefficient (Wildman–Crippen LogP) is 2.15. The first-order valence-electron chi connectivity index (χ1n) is 9.24. The van der Waals surface area contributed by atoms with E-state index in [1.54, 1.807) is 13.1 Å². The topological polar surface area (TPSA) is 91.0 Å². The number of benzene rings is 1. The van der Waals surface area contributed by atoms with Gasteiger partial charge in [0.25, 0.3) is 5.91 Å². The van der Waals surface area contributed by atoms with Gasteiger partial charge in [-0.3, -0.25) is 9.59 Å². The van der Waals surface area contributed by atoms with Crippen molar-refractivity contribution in [3.63, 3.8) is 0 Å². The molecule has 4 rings (SSSR count). The molecule has 7 nitrogen and oxygen atoms in total. The Morgan fingerprint density at radius 3 is 2.86 bits per heavy atom. The summed E-state index contributed by atoms with van der Waals surface area (Å²) in [5, 5.41) is 2.95. The Labute approximate surface area is 162 Å². The lowest BCUT2D eigenvalue weighted by atomic mass is 10.1. The lowest BCUT2D eigenvalue weighted by molar-refractivity contribution is 0.0939. The van der Waals surface area contributed by atoms with Gasteiger partial charge >= 0.3 is 0 Å². The zero-order chi connectivity index (χ0) is 19.5. The number of aryl methyl sites for hydroxylation is 1. The number of H-pyrrole nitrogens is 1. The van der Waals surface area contributed by atoms with Crippen LogP contribution in [0, 0.1) is 6.92 Å². The minimum Gasteiger partial charge on any atom is -0.364 e. The van der Waals surface area contributed by atoms with E-state index in [0.29, 0.717) is 12.5 Å². The van der Waals surface area contributed by atoms with Gasteiger partial charge < -0.3 is 15.2 Å². The minimum absolute atomic E-state index is 0.0582. The molecule has 1 aliphatic rings. The van der Waals surface area contributed by atoms with E-state index in [9.17, 15) is 9.59 Å². The van der Waals surface area contributed by atoms with Crippen LogP contribution in [0.3, 0.4) is 0 Å². The summed E-state index contributed by atoms with van der Waals surface area (Å²) in [4.78, 5) is 38.5. The third-order valence-electron chi connectivity index (χ3n) is 4.82. The number of anilines is 1. The molecule has 1 fully saturated rings. The fourth-order valence-electron chi connectivity index (χ4n) is 3.34. The molecule has 1 saturated heterocycles. The van der Waals surface area contributed by atoms with Crippen molar-refractivity contribution >= 4 is 11.9 Å².